The molecule has 3 nitrogen and oxygen atoms in total. The molecule has 1 heterocycles. The van der Waals surface area contributed by atoms with Gasteiger partial charge in [-0.3, -0.25) is 4.98 Å². The lowest BCUT2D eigenvalue weighted by Crippen LogP contribution is -1.95. The Morgan fingerprint density at radius 3 is 2.55 bits per heavy atom. The summed E-state index contributed by atoms with van der Waals surface area (Å²) in [6, 6.07) is 1.44. The molecule has 0 aliphatic rings. The molecule has 0 N–H and O–H groups in total. The predicted molar refractivity (Wildman–Crippen MR) is 37.3 cm³/mol. The van der Waals surface area contributed by atoms with Crippen LogP contribution in [-0.4, -0.2) is 13.4 Å². The number of rotatable bonds is 1. The van der Waals surface area contributed by atoms with Crippen molar-refractivity contribution in [2.24, 2.45) is 0 Å². The summed E-state index contributed by atoms with van der Waals surface area (Å²) >= 11 is 0. The molecule has 5 heteroatoms. The van der Waals surface area contributed by atoms with E-state index in [0.29, 0.717) is 5.56 Å². The molecular weight excluding hydrogens is 169 g/mol. The van der Waals surface area contributed by atoms with Crippen LogP contribution in [-0.2, 0) is 10.2 Å². The highest BCUT2D eigenvalue weighted by atomic mass is 32.3. The summed E-state index contributed by atoms with van der Waals surface area (Å²) in [4.78, 5) is 3.13. The number of halogens is 1. The number of pyridine rings is 1. The van der Waals surface area contributed by atoms with Crippen LogP contribution in [0.15, 0.2) is 23.4 Å². The van der Waals surface area contributed by atoms with Gasteiger partial charge in [0.2, 0.25) is 0 Å². The Balaban J connectivity index is 3.37. The zero-order chi connectivity index (χ0) is 8.48. The summed E-state index contributed by atoms with van der Waals surface area (Å²) < 4.78 is 33.0. The van der Waals surface area contributed by atoms with Gasteiger partial charge in [-0.1, -0.05) is 0 Å². The van der Waals surface area contributed by atoms with Gasteiger partial charge in [0, 0.05) is 12.4 Å². The van der Waals surface area contributed by atoms with Gasteiger partial charge in [0.25, 0.3) is 0 Å². The van der Waals surface area contributed by atoms with E-state index in [1.807, 2.05) is 0 Å². The van der Waals surface area contributed by atoms with Crippen molar-refractivity contribution < 1.29 is 12.3 Å². The monoisotopic (exact) mass is 175 g/mol. The quantitative estimate of drug-likeness (QED) is 0.599. The molecule has 0 saturated carbocycles. The van der Waals surface area contributed by atoms with Gasteiger partial charge in [0.1, 0.15) is 4.90 Å². The maximum absolute atomic E-state index is 12.3. The van der Waals surface area contributed by atoms with Crippen molar-refractivity contribution in [2.45, 2.75) is 11.8 Å². The second-order valence-electron chi connectivity index (χ2n) is 2.08. The van der Waals surface area contributed by atoms with Crippen LogP contribution in [0.2, 0.25) is 0 Å². The van der Waals surface area contributed by atoms with Crippen molar-refractivity contribution in [2.75, 3.05) is 0 Å². The van der Waals surface area contributed by atoms with Gasteiger partial charge in [0.15, 0.2) is 0 Å². The van der Waals surface area contributed by atoms with Gasteiger partial charge >= 0.3 is 10.2 Å². The Kier molecular flexibility index (Phi) is 1.90. The molecule has 60 valence electrons. The fourth-order valence-corrected chi connectivity index (χ4v) is 1.34. The Morgan fingerprint density at radius 1 is 1.55 bits per heavy atom. The van der Waals surface area contributed by atoms with Gasteiger partial charge in [0.05, 0.1) is 0 Å². The largest absolute Gasteiger partial charge is 0.333 e. The van der Waals surface area contributed by atoms with E-state index >= 15 is 0 Å². The van der Waals surface area contributed by atoms with E-state index in [2.05, 4.69) is 4.98 Å². The summed E-state index contributed by atoms with van der Waals surface area (Å²) in [6.45, 7) is 1.51. The van der Waals surface area contributed by atoms with Gasteiger partial charge < -0.3 is 0 Å². The zero-order valence-electron chi connectivity index (χ0n) is 5.78. The van der Waals surface area contributed by atoms with E-state index < -0.39 is 10.2 Å². The van der Waals surface area contributed by atoms with Crippen LogP contribution in [0.25, 0.3) is 0 Å². The molecule has 0 aliphatic carbocycles. The first-order valence-corrected chi connectivity index (χ1v) is 4.25. The molecule has 1 rings (SSSR count). The van der Waals surface area contributed by atoms with Crippen molar-refractivity contribution in [3.8, 4) is 0 Å². The lowest BCUT2D eigenvalue weighted by Gasteiger charge is -1.96. The number of aromatic nitrogens is 1. The first-order valence-electron chi connectivity index (χ1n) is 2.87. The third-order valence-electron chi connectivity index (χ3n) is 1.25. The maximum atomic E-state index is 12.3. The van der Waals surface area contributed by atoms with Crippen LogP contribution in [0.4, 0.5) is 3.89 Å². The number of hydrogen-bond acceptors (Lipinski definition) is 3. The first kappa shape index (κ1) is 8.13. The highest BCUT2D eigenvalue weighted by Gasteiger charge is 2.13. The fraction of sp³-hybridized carbons (Fsp3) is 0.167. The summed E-state index contributed by atoms with van der Waals surface area (Å²) in [5, 5.41) is 0. The van der Waals surface area contributed by atoms with Crippen molar-refractivity contribution in [1.82, 2.24) is 4.98 Å². The molecule has 0 saturated heterocycles. The van der Waals surface area contributed by atoms with E-state index in [9.17, 15) is 12.3 Å². The third kappa shape index (κ3) is 1.74. The van der Waals surface area contributed by atoms with Crippen LogP contribution in [0.1, 0.15) is 5.56 Å². The Hall–Kier alpha value is -0.970. The minimum absolute atomic E-state index is 0.361. The number of aryl methyl sites for hydroxylation is 1. The topological polar surface area (TPSA) is 47.0 Å². The van der Waals surface area contributed by atoms with Crippen LogP contribution >= 0.6 is 0 Å². The summed E-state index contributed by atoms with van der Waals surface area (Å²) in [5.74, 6) is 0. The standard InChI is InChI=1S/C6H6FNO2S/c1-5-2-3-8-4-6(5)11(7,9)10/h2-4H,1H3. The second-order valence-corrected chi connectivity index (χ2v) is 3.39. The Morgan fingerprint density at radius 2 is 2.18 bits per heavy atom. The fourth-order valence-electron chi connectivity index (χ4n) is 0.705. The molecule has 0 aromatic carbocycles. The highest BCUT2D eigenvalue weighted by Crippen LogP contribution is 2.14. The zero-order valence-corrected chi connectivity index (χ0v) is 6.60. The minimum Gasteiger partial charge on any atom is -0.263 e. The molecule has 1 aromatic heterocycles. The average molecular weight is 175 g/mol. The normalized spacial score (nSPS) is 11.5. The van der Waals surface area contributed by atoms with E-state index in [4.69, 9.17) is 0 Å². The lowest BCUT2D eigenvalue weighted by molar-refractivity contribution is 0.551. The highest BCUT2D eigenvalue weighted by molar-refractivity contribution is 7.86. The molecule has 0 spiro atoms. The number of hydrogen-bond donors (Lipinski definition) is 0. The molecule has 0 amide bonds. The smallest absolute Gasteiger partial charge is 0.263 e. The van der Waals surface area contributed by atoms with E-state index in [-0.39, 0.29) is 4.90 Å². The van der Waals surface area contributed by atoms with Crippen molar-refractivity contribution in [3.63, 3.8) is 0 Å². The summed E-state index contributed by atoms with van der Waals surface area (Å²) in [6.07, 6.45) is 2.40. The molecular formula is C6H6FNO2S. The molecule has 0 atom stereocenters. The van der Waals surface area contributed by atoms with Crippen LogP contribution in [0.5, 0.6) is 0 Å². The second kappa shape index (κ2) is 2.58. The SMILES string of the molecule is Cc1ccncc1S(=O)(=O)F. The number of nitrogens with zero attached hydrogens (tertiary/aromatic N) is 1. The summed E-state index contributed by atoms with van der Waals surface area (Å²) in [7, 11) is -4.60. The maximum Gasteiger partial charge on any atom is 0.333 e. The van der Waals surface area contributed by atoms with Crippen molar-refractivity contribution in [3.05, 3.63) is 24.0 Å². The van der Waals surface area contributed by atoms with Gasteiger partial charge in [-0.05, 0) is 18.6 Å². The minimum atomic E-state index is -4.60. The van der Waals surface area contributed by atoms with Crippen LogP contribution < -0.4 is 0 Å². The average Bonchev–Trinajstić information content (AvgIpc) is 1.86. The molecule has 0 unspecified atom stereocenters. The first-order chi connectivity index (χ1) is 5.02. The Bertz CT molecular complexity index is 361. The lowest BCUT2D eigenvalue weighted by atomic mass is 10.3. The molecule has 0 aliphatic heterocycles. The van der Waals surface area contributed by atoms with Gasteiger partial charge in [-0.25, -0.2) is 0 Å². The van der Waals surface area contributed by atoms with Crippen LogP contribution in [0, 0.1) is 6.92 Å². The Labute approximate surface area is 64.1 Å². The molecule has 11 heavy (non-hydrogen) atoms. The van der Waals surface area contributed by atoms with E-state index in [1.54, 1.807) is 0 Å². The molecule has 0 radical (unpaired) electrons. The predicted octanol–water partition coefficient (Wildman–Crippen LogP) is 1.05. The third-order valence-corrected chi connectivity index (χ3v) is 2.21. The van der Waals surface area contributed by atoms with Crippen molar-refractivity contribution >= 4 is 10.2 Å². The molecule has 0 bridgehead atoms. The molecule has 0 fully saturated rings. The van der Waals surface area contributed by atoms with Crippen LogP contribution in [0.3, 0.4) is 0 Å². The van der Waals surface area contributed by atoms with Gasteiger partial charge in [-0.2, -0.15) is 8.42 Å². The van der Waals surface area contributed by atoms with E-state index in [1.165, 1.54) is 19.2 Å². The van der Waals surface area contributed by atoms with E-state index in [0.717, 1.165) is 6.20 Å². The van der Waals surface area contributed by atoms with Crippen molar-refractivity contribution in [1.29, 1.82) is 0 Å². The molecule has 1 aromatic rings. The summed E-state index contributed by atoms with van der Waals surface area (Å²) in [5.41, 5.74) is 0.363. The van der Waals surface area contributed by atoms with Gasteiger partial charge in [-0.15, -0.1) is 3.89 Å².